The molecular weight excluding hydrogens is 395 g/mol. The van der Waals surface area contributed by atoms with Crippen LogP contribution in [0.5, 0.6) is 0 Å². The van der Waals surface area contributed by atoms with Crippen LogP contribution in [-0.4, -0.2) is 11.9 Å². The quantitative estimate of drug-likeness (QED) is 0.737. The number of benzene rings is 2. The van der Waals surface area contributed by atoms with Gasteiger partial charge in [0.25, 0.3) is 0 Å². The molecule has 3 N–H and O–H groups in total. The average Bonchev–Trinajstić information content (AvgIpc) is 2.50. The minimum absolute atomic E-state index is 0. The lowest BCUT2D eigenvalue weighted by Gasteiger charge is -2.20. The minimum atomic E-state index is -0.399. The number of hydrogen-bond acceptors (Lipinski definition) is 2. The van der Waals surface area contributed by atoms with Gasteiger partial charge in [-0.3, -0.25) is 4.79 Å². The van der Waals surface area contributed by atoms with Crippen LogP contribution in [0.4, 0.5) is 4.39 Å². The Kier molecular flexibility index (Phi) is 8.39. The molecule has 2 rings (SSSR count). The highest BCUT2D eigenvalue weighted by Crippen LogP contribution is 2.25. The molecule has 6 heteroatoms. The second-order valence-electron chi connectivity index (χ2n) is 5.63. The smallest absolute Gasteiger partial charge is 0.220 e. The Balaban J connectivity index is 0.00000288. The van der Waals surface area contributed by atoms with Crippen molar-refractivity contribution in [3.8, 4) is 0 Å². The molecule has 0 aliphatic carbocycles. The molecule has 1 amide bonds. The summed E-state index contributed by atoms with van der Waals surface area (Å²) in [5, 5.41) is 2.98. The van der Waals surface area contributed by atoms with Gasteiger partial charge in [0.15, 0.2) is 0 Å². The fourth-order valence-corrected chi connectivity index (χ4v) is 2.74. The third kappa shape index (κ3) is 6.23. The predicted molar refractivity (Wildman–Crippen MR) is 101 cm³/mol. The van der Waals surface area contributed by atoms with Crippen molar-refractivity contribution >= 4 is 34.2 Å². The molecule has 0 spiro atoms. The van der Waals surface area contributed by atoms with E-state index in [1.807, 2.05) is 31.2 Å². The molecule has 0 fully saturated rings. The van der Waals surface area contributed by atoms with Gasteiger partial charge < -0.3 is 11.1 Å². The molecule has 130 valence electrons. The van der Waals surface area contributed by atoms with Crippen molar-refractivity contribution in [3.63, 3.8) is 0 Å². The first-order valence-electron chi connectivity index (χ1n) is 7.51. The fraction of sp³-hybridized carbons (Fsp3) is 0.278. The standard InChI is InChI=1S/C18H20BrFN2O.ClH/c1-12(21)8-9-17(23)22-18(13-4-2-6-15(19)10-13)14-5-3-7-16(20)11-14;/h2-7,10-12,18H,8-9,21H2,1H3,(H,22,23);1H. The Hall–Kier alpha value is -1.43. The van der Waals surface area contributed by atoms with Gasteiger partial charge in [0.2, 0.25) is 5.91 Å². The van der Waals surface area contributed by atoms with E-state index in [4.69, 9.17) is 5.73 Å². The summed E-state index contributed by atoms with van der Waals surface area (Å²) in [7, 11) is 0. The zero-order valence-corrected chi connectivity index (χ0v) is 15.7. The molecule has 0 saturated heterocycles. The molecule has 2 atom stereocenters. The third-order valence-corrected chi connectivity index (χ3v) is 3.99. The van der Waals surface area contributed by atoms with Crippen molar-refractivity contribution < 1.29 is 9.18 Å². The van der Waals surface area contributed by atoms with E-state index in [2.05, 4.69) is 21.2 Å². The predicted octanol–water partition coefficient (Wildman–Crippen LogP) is 4.34. The second kappa shape index (κ2) is 9.77. The van der Waals surface area contributed by atoms with Crippen LogP contribution in [-0.2, 0) is 4.79 Å². The van der Waals surface area contributed by atoms with Crippen molar-refractivity contribution in [3.05, 3.63) is 69.9 Å². The van der Waals surface area contributed by atoms with E-state index >= 15 is 0 Å². The fourth-order valence-electron chi connectivity index (χ4n) is 2.32. The maximum atomic E-state index is 13.6. The van der Waals surface area contributed by atoms with Crippen LogP contribution in [0, 0.1) is 5.82 Å². The van der Waals surface area contributed by atoms with Crippen molar-refractivity contribution in [2.24, 2.45) is 5.73 Å². The van der Waals surface area contributed by atoms with Crippen molar-refractivity contribution in [2.45, 2.75) is 31.8 Å². The highest BCUT2D eigenvalue weighted by atomic mass is 79.9. The Bertz CT molecular complexity index is 636. The summed E-state index contributed by atoms with van der Waals surface area (Å²) in [6.45, 7) is 1.87. The summed E-state index contributed by atoms with van der Waals surface area (Å²) in [6.07, 6.45) is 0.956. The highest BCUT2D eigenvalue weighted by Gasteiger charge is 2.18. The topological polar surface area (TPSA) is 55.1 Å². The number of rotatable bonds is 6. The number of carbonyl (C=O) groups is 1. The Labute approximate surface area is 156 Å². The first-order chi connectivity index (χ1) is 11.0. The van der Waals surface area contributed by atoms with E-state index in [-0.39, 0.29) is 30.2 Å². The lowest BCUT2D eigenvalue weighted by Crippen LogP contribution is -2.30. The van der Waals surface area contributed by atoms with E-state index in [0.717, 1.165) is 10.0 Å². The van der Waals surface area contributed by atoms with Gasteiger partial charge in [-0.15, -0.1) is 12.4 Å². The van der Waals surface area contributed by atoms with Gasteiger partial charge in [-0.05, 0) is 48.7 Å². The van der Waals surface area contributed by atoms with Gasteiger partial charge in [-0.2, -0.15) is 0 Å². The van der Waals surface area contributed by atoms with Gasteiger partial charge in [0.1, 0.15) is 5.82 Å². The molecule has 24 heavy (non-hydrogen) atoms. The Morgan fingerprint density at radius 1 is 1.21 bits per heavy atom. The molecule has 2 unspecified atom stereocenters. The summed E-state index contributed by atoms with van der Waals surface area (Å²) >= 11 is 3.43. The maximum Gasteiger partial charge on any atom is 0.220 e. The lowest BCUT2D eigenvalue weighted by molar-refractivity contribution is -0.121. The van der Waals surface area contributed by atoms with Crippen LogP contribution in [0.1, 0.15) is 36.9 Å². The van der Waals surface area contributed by atoms with E-state index < -0.39 is 6.04 Å². The van der Waals surface area contributed by atoms with Gasteiger partial charge in [-0.25, -0.2) is 4.39 Å². The van der Waals surface area contributed by atoms with Crippen molar-refractivity contribution in [1.29, 1.82) is 0 Å². The molecule has 3 nitrogen and oxygen atoms in total. The molecule has 0 aliphatic heterocycles. The van der Waals surface area contributed by atoms with Crippen LogP contribution in [0.3, 0.4) is 0 Å². The van der Waals surface area contributed by atoms with E-state index in [9.17, 15) is 9.18 Å². The normalized spacial score (nSPS) is 12.8. The van der Waals surface area contributed by atoms with E-state index in [0.29, 0.717) is 18.4 Å². The van der Waals surface area contributed by atoms with Gasteiger partial charge in [-0.1, -0.05) is 40.2 Å². The minimum Gasteiger partial charge on any atom is -0.345 e. The van der Waals surface area contributed by atoms with Crippen LogP contribution in [0.25, 0.3) is 0 Å². The molecule has 2 aromatic rings. The largest absolute Gasteiger partial charge is 0.345 e. The monoisotopic (exact) mass is 414 g/mol. The Morgan fingerprint density at radius 3 is 2.42 bits per heavy atom. The number of carbonyl (C=O) groups excluding carboxylic acids is 1. The number of nitrogens with one attached hydrogen (secondary N) is 1. The zero-order chi connectivity index (χ0) is 16.8. The van der Waals surface area contributed by atoms with Crippen molar-refractivity contribution in [1.82, 2.24) is 5.32 Å². The molecular formula is C18H21BrClFN2O. The number of hydrogen-bond donors (Lipinski definition) is 2. The lowest BCUT2D eigenvalue weighted by atomic mass is 9.98. The molecule has 0 bridgehead atoms. The van der Waals surface area contributed by atoms with Gasteiger partial charge in [0.05, 0.1) is 6.04 Å². The average molecular weight is 416 g/mol. The van der Waals surface area contributed by atoms with Crippen LogP contribution < -0.4 is 11.1 Å². The molecule has 2 aromatic carbocycles. The Morgan fingerprint density at radius 2 is 1.83 bits per heavy atom. The van der Waals surface area contributed by atoms with E-state index in [1.54, 1.807) is 12.1 Å². The second-order valence-corrected chi connectivity index (χ2v) is 6.54. The molecule has 0 radical (unpaired) electrons. The third-order valence-electron chi connectivity index (χ3n) is 3.50. The van der Waals surface area contributed by atoms with E-state index in [1.165, 1.54) is 12.1 Å². The molecule has 0 heterocycles. The highest BCUT2D eigenvalue weighted by molar-refractivity contribution is 9.10. The van der Waals surface area contributed by atoms with Gasteiger partial charge in [0, 0.05) is 16.9 Å². The SMILES string of the molecule is CC(N)CCC(=O)NC(c1cccc(F)c1)c1cccc(Br)c1.Cl. The first kappa shape index (κ1) is 20.6. The summed E-state index contributed by atoms with van der Waals surface area (Å²) < 4.78 is 14.5. The van der Waals surface area contributed by atoms with Crippen LogP contribution in [0.15, 0.2) is 53.0 Å². The number of amides is 1. The summed E-state index contributed by atoms with van der Waals surface area (Å²) in [5.41, 5.74) is 7.29. The van der Waals surface area contributed by atoms with Crippen LogP contribution in [0.2, 0.25) is 0 Å². The van der Waals surface area contributed by atoms with Gasteiger partial charge >= 0.3 is 0 Å². The summed E-state index contributed by atoms with van der Waals surface area (Å²) in [6, 6.07) is 13.5. The zero-order valence-electron chi connectivity index (χ0n) is 13.3. The number of nitrogens with two attached hydrogens (primary N) is 1. The number of halogens is 3. The summed E-state index contributed by atoms with van der Waals surface area (Å²) in [5.74, 6) is -0.427. The summed E-state index contributed by atoms with van der Waals surface area (Å²) in [4.78, 5) is 12.2. The first-order valence-corrected chi connectivity index (χ1v) is 8.31. The molecule has 0 aromatic heterocycles. The molecule has 0 saturated carbocycles. The van der Waals surface area contributed by atoms with Crippen molar-refractivity contribution in [2.75, 3.05) is 0 Å². The maximum absolute atomic E-state index is 13.6. The van der Waals surface area contributed by atoms with Crippen LogP contribution >= 0.6 is 28.3 Å². The molecule has 0 aliphatic rings.